The molecule has 1 N–H and O–H groups in total. The second-order valence-electron chi connectivity index (χ2n) is 6.34. The summed E-state index contributed by atoms with van der Waals surface area (Å²) in [6, 6.07) is -1.48. The van der Waals surface area contributed by atoms with E-state index in [9.17, 15) is 31.1 Å². The number of hydrogen-bond acceptors (Lipinski definition) is 4. The van der Waals surface area contributed by atoms with E-state index in [4.69, 9.17) is 11.6 Å². The van der Waals surface area contributed by atoms with Gasteiger partial charge in [-0.05, 0) is 13.3 Å². The Balaban J connectivity index is 2.20. The highest BCUT2D eigenvalue weighted by Crippen LogP contribution is 2.39. The van der Waals surface area contributed by atoms with Gasteiger partial charge >= 0.3 is 6.18 Å². The third-order valence-electron chi connectivity index (χ3n) is 4.27. The SMILES string of the molecule is C[C@H](Nc1nc(N2CCCC2=O)nc(Cl)c1-c1c(F)cc(F)cc1F)C(F)(F)F. The molecule has 1 aromatic carbocycles. The molecule has 1 aromatic heterocycles. The molecule has 1 amide bonds. The fourth-order valence-electron chi connectivity index (χ4n) is 2.80. The summed E-state index contributed by atoms with van der Waals surface area (Å²) in [5, 5.41) is 1.41. The van der Waals surface area contributed by atoms with Crippen molar-refractivity contribution in [1.29, 1.82) is 0 Å². The lowest BCUT2D eigenvalue weighted by Gasteiger charge is -2.22. The summed E-state index contributed by atoms with van der Waals surface area (Å²) < 4.78 is 80.9. The maximum Gasteiger partial charge on any atom is 0.408 e. The third-order valence-corrected chi connectivity index (χ3v) is 4.54. The van der Waals surface area contributed by atoms with Crippen LogP contribution in [0.5, 0.6) is 0 Å². The molecule has 1 fully saturated rings. The van der Waals surface area contributed by atoms with Gasteiger partial charge in [0.15, 0.2) is 0 Å². The first kappa shape index (κ1) is 21.2. The first-order chi connectivity index (χ1) is 13.5. The fraction of sp³-hybridized carbons (Fsp3) is 0.353. The van der Waals surface area contributed by atoms with Gasteiger partial charge in [-0.15, -0.1) is 0 Å². The minimum absolute atomic E-state index is 0.186. The summed E-state index contributed by atoms with van der Waals surface area (Å²) in [7, 11) is 0. The molecule has 1 aliphatic heterocycles. The molecular formula is C17H13ClF6N4O. The van der Waals surface area contributed by atoms with Gasteiger partial charge in [0.1, 0.15) is 34.5 Å². The largest absolute Gasteiger partial charge is 0.408 e. The lowest BCUT2D eigenvalue weighted by atomic mass is 10.1. The summed E-state index contributed by atoms with van der Waals surface area (Å²) in [6.45, 7) is 0.972. The summed E-state index contributed by atoms with van der Waals surface area (Å²) in [4.78, 5) is 20.7. The van der Waals surface area contributed by atoms with E-state index >= 15 is 0 Å². The highest BCUT2D eigenvalue weighted by Gasteiger charge is 2.38. The molecule has 0 saturated carbocycles. The van der Waals surface area contributed by atoms with Gasteiger partial charge in [-0.25, -0.2) is 13.2 Å². The molecule has 12 heteroatoms. The molecule has 29 heavy (non-hydrogen) atoms. The predicted octanol–water partition coefficient (Wildman–Crippen LogP) is 4.70. The molecule has 1 atom stereocenters. The molecule has 3 rings (SSSR count). The van der Waals surface area contributed by atoms with Crippen LogP contribution < -0.4 is 10.2 Å². The lowest BCUT2D eigenvalue weighted by molar-refractivity contribution is -0.138. The van der Waals surface area contributed by atoms with Crippen molar-refractivity contribution in [1.82, 2.24) is 9.97 Å². The van der Waals surface area contributed by atoms with Crippen LogP contribution in [0.4, 0.5) is 38.1 Å². The molecule has 0 spiro atoms. The van der Waals surface area contributed by atoms with Crippen LogP contribution in [0, 0.1) is 17.5 Å². The topological polar surface area (TPSA) is 58.1 Å². The molecule has 0 bridgehead atoms. The predicted molar refractivity (Wildman–Crippen MR) is 93.1 cm³/mol. The quantitative estimate of drug-likeness (QED) is 0.555. The van der Waals surface area contributed by atoms with Crippen molar-refractivity contribution in [3.8, 4) is 11.1 Å². The number of nitrogens with zero attached hydrogens (tertiary/aromatic N) is 3. The standard InChI is InChI=1S/C17H13ClF6N4O/c1-7(17(22,23)24)25-15-13(12-9(20)5-8(19)6-10(12)21)14(18)26-16(27-15)28-4-2-3-11(28)29/h5-7H,2-4H2,1H3,(H,25,26,27)/t7-/m0/s1. The number of aromatic nitrogens is 2. The normalized spacial score (nSPS) is 15.7. The molecule has 0 aliphatic carbocycles. The van der Waals surface area contributed by atoms with Crippen molar-refractivity contribution >= 4 is 29.3 Å². The summed E-state index contributed by atoms with van der Waals surface area (Å²) in [5.41, 5.74) is -1.51. The second-order valence-corrected chi connectivity index (χ2v) is 6.70. The highest BCUT2D eigenvalue weighted by molar-refractivity contribution is 6.33. The van der Waals surface area contributed by atoms with E-state index in [1.54, 1.807) is 0 Å². The minimum Gasteiger partial charge on any atom is -0.358 e. The van der Waals surface area contributed by atoms with Crippen molar-refractivity contribution in [3.63, 3.8) is 0 Å². The first-order valence-electron chi connectivity index (χ1n) is 8.35. The van der Waals surface area contributed by atoms with Gasteiger partial charge in [0.05, 0.1) is 11.1 Å². The Bertz CT molecular complexity index is 945. The van der Waals surface area contributed by atoms with Crippen molar-refractivity contribution in [2.75, 3.05) is 16.8 Å². The maximum atomic E-state index is 14.3. The van der Waals surface area contributed by atoms with E-state index in [0.29, 0.717) is 18.6 Å². The van der Waals surface area contributed by atoms with Crippen molar-refractivity contribution < 1.29 is 31.1 Å². The Morgan fingerprint density at radius 3 is 2.28 bits per heavy atom. The van der Waals surface area contributed by atoms with E-state index in [0.717, 1.165) is 11.8 Å². The van der Waals surface area contributed by atoms with Gasteiger partial charge in [-0.3, -0.25) is 9.69 Å². The van der Waals surface area contributed by atoms with E-state index in [1.807, 2.05) is 5.32 Å². The van der Waals surface area contributed by atoms with Crippen LogP contribution in [0.1, 0.15) is 19.8 Å². The number of halogens is 7. The van der Waals surface area contributed by atoms with Gasteiger partial charge < -0.3 is 5.32 Å². The number of hydrogen-bond donors (Lipinski definition) is 1. The number of rotatable bonds is 4. The summed E-state index contributed by atoms with van der Waals surface area (Å²) >= 11 is 6.04. The Hall–Kier alpha value is -2.56. The van der Waals surface area contributed by atoms with Crippen molar-refractivity contribution in [3.05, 3.63) is 34.7 Å². The van der Waals surface area contributed by atoms with Gasteiger partial charge in [0, 0.05) is 25.1 Å². The highest BCUT2D eigenvalue weighted by atomic mass is 35.5. The minimum atomic E-state index is -4.72. The molecule has 2 aromatic rings. The lowest BCUT2D eigenvalue weighted by Crippen LogP contribution is -2.34. The zero-order chi connectivity index (χ0) is 21.5. The Morgan fingerprint density at radius 2 is 1.76 bits per heavy atom. The van der Waals surface area contributed by atoms with Crippen LogP contribution in [-0.2, 0) is 4.79 Å². The van der Waals surface area contributed by atoms with Gasteiger partial charge in [0.2, 0.25) is 11.9 Å². The van der Waals surface area contributed by atoms with Crippen LogP contribution in [0.15, 0.2) is 12.1 Å². The molecule has 1 saturated heterocycles. The molecule has 1 aliphatic rings. The zero-order valence-corrected chi connectivity index (χ0v) is 15.5. The number of amides is 1. The van der Waals surface area contributed by atoms with E-state index in [1.165, 1.54) is 0 Å². The Kier molecular flexibility index (Phi) is 5.61. The number of carbonyl (C=O) groups is 1. The van der Waals surface area contributed by atoms with Crippen LogP contribution in [0.25, 0.3) is 11.1 Å². The number of benzene rings is 1. The fourth-order valence-corrected chi connectivity index (χ4v) is 3.06. The Morgan fingerprint density at radius 1 is 1.14 bits per heavy atom. The van der Waals surface area contributed by atoms with Gasteiger partial charge in [-0.1, -0.05) is 11.6 Å². The average molecular weight is 439 g/mol. The third kappa shape index (κ3) is 4.24. The zero-order valence-electron chi connectivity index (χ0n) is 14.7. The average Bonchev–Trinajstić information content (AvgIpc) is 3.01. The maximum absolute atomic E-state index is 14.3. The Labute approximate surface area is 165 Å². The van der Waals surface area contributed by atoms with E-state index in [2.05, 4.69) is 9.97 Å². The van der Waals surface area contributed by atoms with Crippen LogP contribution in [0.2, 0.25) is 5.15 Å². The van der Waals surface area contributed by atoms with Crippen molar-refractivity contribution in [2.45, 2.75) is 32.0 Å². The number of alkyl halides is 3. The van der Waals surface area contributed by atoms with Crippen LogP contribution in [-0.4, -0.2) is 34.6 Å². The van der Waals surface area contributed by atoms with Gasteiger partial charge in [-0.2, -0.15) is 23.1 Å². The monoisotopic (exact) mass is 438 g/mol. The van der Waals surface area contributed by atoms with Crippen LogP contribution in [0.3, 0.4) is 0 Å². The van der Waals surface area contributed by atoms with Gasteiger partial charge in [0.25, 0.3) is 0 Å². The number of anilines is 2. The summed E-state index contributed by atoms with van der Waals surface area (Å²) in [6.07, 6.45) is -4.06. The molecule has 0 radical (unpaired) electrons. The smallest absolute Gasteiger partial charge is 0.358 e. The van der Waals surface area contributed by atoms with Crippen molar-refractivity contribution in [2.24, 2.45) is 0 Å². The number of carbonyl (C=O) groups excluding carboxylic acids is 1. The van der Waals surface area contributed by atoms with Crippen LogP contribution >= 0.6 is 11.6 Å². The second kappa shape index (κ2) is 7.69. The van der Waals surface area contributed by atoms with E-state index in [-0.39, 0.29) is 24.8 Å². The first-order valence-corrected chi connectivity index (χ1v) is 8.73. The molecule has 5 nitrogen and oxygen atoms in total. The molecule has 156 valence electrons. The molecule has 2 heterocycles. The van der Waals surface area contributed by atoms with E-state index < -0.39 is 51.8 Å². The molecular weight excluding hydrogens is 426 g/mol. The molecule has 0 unspecified atom stereocenters. The number of nitrogens with one attached hydrogen (secondary N) is 1. The summed E-state index contributed by atoms with van der Waals surface area (Å²) in [5.74, 6) is -5.35.